The summed E-state index contributed by atoms with van der Waals surface area (Å²) in [5.74, 6) is 1.23. The fourth-order valence-electron chi connectivity index (χ4n) is 3.25. The molecule has 7 heteroatoms. The summed E-state index contributed by atoms with van der Waals surface area (Å²) in [6, 6.07) is 3.78. The van der Waals surface area contributed by atoms with Crippen LogP contribution in [-0.4, -0.2) is 67.8 Å². The average Bonchev–Trinajstić information content (AvgIpc) is 2.52. The number of nitrogens with zero attached hydrogens (tertiary/aromatic N) is 2. The molecule has 2 saturated heterocycles. The van der Waals surface area contributed by atoms with Gasteiger partial charge in [-0.1, -0.05) is 6.92 Å². The molecule has 0 saturated carbocycles. The predicted octanol–water partition coefficient (Wildman–Crippen LogP) is 1.13. The van der Waals surface area contributed by atoms with Crippen LogP contribution < -0.4 is 4.74 Å². The van der Waals surface area contributed by atoms with Crippen LogP contribution in [-0.2, 0) is 14.6 Å². The Morgan fingerprint density at radius 2 is 2.30 bits per heavy atom. The highest BCUT2D eigenvalue weighted by atomic mass is 32.2. The summed E-state index contributed by atoms with van der Waals surface area (Å²) in [6.07, 6.45) is 5.31. The van der Waals surface area contributed by atoms with Crippen molar-refractivity contribution in [2.24, 2.45) is 0 Å². The first-order valence-electron chi connectivity index (χ1n) is 8.14. The average molecular weight is 340 g/mol. The molecular formula is C16H24N2O4S. The number of aromatic nitrogens is 1. The topological polar surface area (TPSA) is 68.7 Å². The number of sulfone groups is 1. The lowest BCUT2D eigenvalue weighted by Crippen LogP contribution is -2.66. The van der Waals surface area contributed by atoms with Gasteiger partial charge in [-0.2, -0.15) is 0 Å². The van der Waals surface area contributed by atoms with Crippen LogP contribution in [0.4, 0.5) is 0 Å². The summed E-state index contributed by atoms with van der Waals surface area (Å²) < 4.78 is 35.1. The first-order chi connectivity index (χ1) is 11.0. The number of pyridine rings is 1. The maximum Gasteiger partial charge on any atom is 0.151 e. The van der Waals surface area contributed by atoms with Crippen molar-refractivity contribution in [1.29, 1.82) is 0 Å². The van der Waals surface area contributed by atoms with Crippen LogP contribution in [0, 0.1) is 0 Å². The Morgan fingerprint density at radius 1 is 1.48 bits per heavy atom. The van der Waals surface area contributed by atoms with Gasteiger partial charge in [0, 0.05) is 44.4 Å². The molecule has 0 N–H and O–H groups in total. The normalized spacial score (nSPS) is 24.3. The molecule has 2 aliphatic heterocycles. The summed E-state index contributed by atoms with van der Waals surface area (Å²) in [7, 11) is -2.90. The molecule has 1 aromatic heterocycles. The lowest BCUT2D eigenvalue weighted by Gasteiger charge is -2.53. The lowest BCUT2D eigenvalue weighted by atomic mass is 9.85. The van der Waals surface area contributed by atoms with Crippen molar-refractivity contribution >= 4 is 9.84 Å². The van der Waals surface area contributed by atoms with Gasteiger partial charge in [0.2, 0.25) is 0 Å². The maximum absolute atomic E-state index is 11.6. The van der Waals surface area contributed by atoms with E-state index in [0.717, 1.165) is 31.7 Å². The molecule has 1 spiro atoms. The van der Waals surface area contributed by atoms with E-state index in [9.17, 15) is 8.42 Å². The van der Waals surface area contributed by atoms with Crippen LogP contribution in [0.5, 0.6) is 5.75 Å². The van der Waals surface area contributed by atoms with Gasteiger partial charge < -0.3 is 9.47 Å². The van der Waals surface area contributed by atoms with Crippen LogP contribution in [0.15, 0.2) is 24.5 Å². The van der Waals surface area contributed by atoms with E-state index in [1.807, 2.05) is 12.1 Å². The van der Waals surface area contributed by atoms with Crippen molar-refractivity contribution in [3.8, 4) is 5.75 Å². The SMILES string of the molecule is CCS(=O)(=O)CCN1CC2(C[C@H](Oc3cccnc3)CCO2)C1. The molecule has 0 amide bonds. The van der Waals surface area contributed by atoms with Gasteiger partial charge in [-0.15, -0.1) is 0 Å². The Morgan fingerprint density at radius 3 is 3.00 bits per heavy atom. The minimum absolute atomic E-state index is 0.134. The molecule has 6 nitrogen and oxygen atoms in total. The van der Waals surface area contributed by atoms with Crippen molar-refractivity contribution in [3.05, 3.63) is 24.5 Å². The highest BCUT2D eigenvalue weighted by molar-refractivity contribution is 7.91. The number of hydrogen-bond acceptors (Lipinski definition) is 6. The molecule has 23 heavy (non-hydrogen) atoms. The highest BCUT2D eigenvalue weighted by Gasteiger charge is 2.48. The van der Waals surface area contributed by atoms with Gasteiger partial charge in [-0.3, -0.25) is 9.88 Å². The Balaban J connectivity index is 1.48. The standard InChI is InChI=1S/C16H24N2O4S/c1-2-23(19,20)9-7-18-12-16(13-18)10-14(5-8-21-16)22-15-4-3-6-17-11-15/h3-4,6,11,14H,2,5,7-10,12-13H2,1H3/t14-/m1/s1. The van der Waals surface area contributed by atoms with Gasteiger partial charge in [0.05, 0.1) is 24.2 Å². The first kappa shape index (κ1) is 16.7. The third kappa shape index (κ3) is 4.22. The number of likely N-dealkylation sites (tertiary alicyclic amines) is 1. The molecule has 1 atom stereocenters. The van der Waals surface area contributed by atoms with Crippen LogP contribution in [0.3, 0.4) is 0 Å². The van der Waals surface area contributed by atoms with Gasteiger partial charge in [-0.05, 0) is 12.1 Å². The maximum atomic E-state index is 11.6. The van der Waals surface area contributed by atoms with Gasteiger partial charge >= 0.3 is 0 Å². The Bertz CT molecular complexity index is 614. The monoisotopic (exact) mass is 340 g/mol. The molecule has 0 aromatic carbocycles. The molecule has 0 unspecified atom stereocenters. The Labute approximate surface area is 137 Å². The van der Waals surface area contributed by atoms with Gasteiger partial charge in [0.1, 0.15) is 11.9 Å². The third-order valence-corrected chi connectivity index (χ3v) is 6.25. The minimum Gasteiger partial charge on any atom is -0.489 e. The molecule has 128 valence electrons. The fourth-order valence-corrected chi connectivity index (χ4v) is 4.08. The Hall–Kier alpha value is -1.18. The quantitative estimate of drug-likeness (QED) is 0.773. The van der Waals surface area contributed by atoms with Crippen molar-refractivity contribution in [1.82, 2.24) is 9.88 Å². The van der Waals surface area contributed by atoms with E-state index < -0.39 is 9.84 Å². The van der Waals surface area contributed by atoms with Crippen molar-refractivity contribution in [2.75, 3.05) is 37.7 Å². The molecule has 0 aliphatic carbocycles. The lowest BCUT2D eigenvalue weighted by molar-refractivity contribution is -0.184. The van der Waals surface area contributed by atoms with Gasteiger partial charge in [-0.25, -0.2) is 8.42 Å². The first-order valence-corrected chi connectivity index (χ1v) is 9.96. The van der Waals surface area contributed by atoms with E-state index in [0.29, 0.717) is 13.2 Å². The molecule has 0 radical (unpaired) electrons. The second kappa shape index (κ2) is 6.75. The smallest absolute Gasteiger partial charge is 0.151 e. The summed E-state index contributed by atoms with van der Waals surface area (Å²) in [5.41, 5.74) is -0.166. The molecule has 3 heterocycles. The van der Waals surface area contributed by atoms with Crippen LogP contribution in [0.1, 0.15) is 19.8 Å². The summed E-state index contributed by atoms with van der Waals surface area (Å²) in [5, 5.41) is 0. The molecule has 2 aliphatic rings. The number of rotatable bonds is 6. The molecular weight excluding hydrogens is 316 g/mol. The van der Waals surface area contributed by atoms with E-state index in [1.165, 1.54) is 0 Å². The summed E-state index contributed by atoms with van der Waals surface area (Å²) in [6.45, 7) is 4.55. The third-order valence-electron chi connectivity index (χ3n) is 4.57. The van der Waals surface area contributed by atoms with E-state index in [1.54, 1.807) is 19.3 Å². The second-order valence-corrected chi connectivity index (χ2v) is 8.87. The van der Waals surface area contributed by atoms with Crippen LogP contribution in [0.2, 0.25) is 0 Å². The van der Waals surface area contributed by atoms with Crippen molar-refractivity contribution in [3.63, 3.8) is 0 Å². The minimum atomic E-state index is -2.90. The van der Waals surface area contributed by atoms with E-state index in [-0.39, 0.29) is 23.2 Å². The summed E-state index contributed by atoms with van der Waals surface area (Å²) >= 11 is 0. The Kier molecular flexibility index (Phi) is 4.89. The van der Waals surface area contributed by atoms with Crippen molar-refractivity contribution in [2.45, 2.75) is 31.5 Å². The second-order valence-electron chi connectivity index (χ2n) is 6.40. The largest absolute Gasteiger partial charge is 0.489 e. The molecule has 2 fully saturated rings. The fraction of sp³-hybridized carbons (Fsp3) is 0.688. The van der Waals surface area contributed by atoms with Crippen molar-refractivity contribution < 1.29 is 17.9 Å². The van der Waals surface area contributed by atoms with E-state index in [2.05, 4.69) is 9.88 Å². The molecule has 1 aromatic rings. The van der Waals surface area contributed by atoms with E-state index in [4.69, 9.17) is 9.47 Å². The van der Waals surface area contributed by atoms with Crippen LogP contribution in [0.25, 0.3) is 0 Å². The number of ether oxygens (including phenoxy) is 2. The van der Waals surface area contributed by atoms with Gasteiger partial charge in [0.25, 0.3) is 0 Å². The number of hydrogen-bond donors (Lipinski definition) is 0. The molecule has 3 rings (SSSR count). The van der Waals surface area contributed by atoms with Crippen LogP contribution >= 0.6 is 0 Å². The van der Waals surface area contributed by atoms with Gasteiger partial charge in [0.15, 0.2) is 9.84 Å². The zero-order valence-electron chi connectivity index (χ0n) is 13.5. The zero-order valence-corrected chi connectivity index (χ0v) is 14.3. The zero-order chi connectivity index (χ0) is 16.3. The predicted molar refractivity (Wildman–Crippen MR) is 87.3 cm³/mol. The highest BCUT2D eigenvalue weighted by Crippen LogP contribution is 2.35. The van der Waals surface area contributed by atoms with E-state index >= 15 is 0 Å². The summed E-state index contributed by atoms with van der Waals surface area (Å²) in [4.78, 5) is 6.22. The molecule has 0 bridgehead atoms.